The van der Waals surface area contributed by atoms with Crippen molar-refractivity contribution in [3.8, 4) is 0 Å². The Morgan fingerprint density at radius 3 is 2.75 bits per heavy atom. The van der Waals surface area contributed by atoms with Crippen LogP contribution in [0, 0.1) is 6.92 Å². The zero-order valence-corrected chi connectivity index (χ0v) is 10.1. The first kappa shape index (κ1) is 12.8. The van der Waals surface area contributed by atoms with Gasteiger partial charge in [0.05, 0.1) is 13.2 Å². The van der Waals surface area contributed by atoms with Crippen LogP contribution in [0.25, 0.3) is 0 Å². The number of hydrogen-bond donors (Lipinski definition) is 1. The Morgan fingerprint density at radius 2 is 2.25 bits per heavy atom. The molecule has 1 aromatic rings. The molecule has 1 unspecified atom stereocenters. The molecule has 0 saturated heterocycles. The molecule has 1 aromatic heterocycles. The fourth-order valence-corrected chi connectivity index (χ4v) is 1.44. The summed E-state index contributed by atoms with van der Waals surface area (Å²) < 4.78 is 10.4. The molecule has 0 spiro atoms. The smallest absolute Gasteiger partial charge is 0.323 e. The van der Waals surface area contributed by atoms with Gasteiger partial charge in [-0.1, -0.05) is 6.92 Å². The van der Waals surface area contributed by atoms with Gasteiger partial charge in [-0.3, -0.25) is 10.1 Å². The van der Waals surface area contributed by atoms with Gasteiger partial charge in [-0.15, -0.1) is 0 Å². The fourth-order valence-electron chi connectivity index (χ4n) is 1.44. The Kier molecular flexibility index (Phi) is 5.05. The third-order valence-electron chi connectivity index (χ3n) is 2.30. The van der Waals surface area contributed by atoms with E-state index in [0.29, 0.717) is 19.6 Å². The first-order valence-electron chi connectivity index (χ1n) is 5.62. The number of ether oxygens (including phenoxy) is 1. The van der Waals surface area contributed by atoms with Crippen molar-refractivity contribution in [2.24, 2.45) is 0 Å². The van der Waals surface area contributed by atoms with Gasteiger partial charge in [-0.25, -0.2) is 0 Å². The Bertz CT molecular complexity index is 333. The second kappa shape index (κ2) is 6.33. The highest BCUT2D eigenvalue weighted by Gasteiger charge is 2.16. The van der Waals surface area contributed by atoms with Crippen molar-refractivity contribution in [1.29, 1.82) is 0 Å². The predicted molar refractivity (Wildman–Crippen MR) is 61.0 cm³/mol. The van der Waals surface area contributed by atoms with Crippen molar-refractivity contribution in [3.63, 3.8) is 0 Å². The monoisotopic (exact) mass is 225 g/mol. The minimum absolute atomic E-state index is 0.201. The molecule has 0 amide bonds. The lowest BCUT2D eigenvalue weighted by Crippen LogP contribution is -2.37. The second-order valence-electron chi connectivity index (χ2n) is 3.61. The van der Waals surface area contributed by atoms with Gasteiger partial charge in [0.15, 0.2) is 0 Å². The molecule has 1 N–H and O–H groups in total. The van der Waals surface area contributed by atoms with Gasteiger partial charge in [0.2, 0.25) is 0 Å². The van der Waals surface area contributed by atoms with Gasteiger partial charge in [-0.05, 0) is 32.4 Å². The summed E-state index contributed by atoms with van der Waals surface area (Å²) in [5.74, 6) is 1.51. The first-order chi connectivity index (χ1) is 7.67. The molecule has 0 bridgehead atoms. The molecule has 0 fully saturated rings. The molecular weight excluding hydrogens is 206 g/mol. The minimum Gasteiger partial charge on any atom is -0.465 e. The van der Waals surface area contributed by atoms with Crippen molar-refractivity contribution in [2.75, 3.05) is 6.61 Å². The molecule has 0 radical (unpaired) electrons. The predicted octanol–water partition coefficient (Wildman–Crippen LogP) is 2.02. The molecule has 4 heteroatoms. The molecule has 0 aromatic carbocycles. The summed E-state index contributed by atoms with van der Waals surface area (Å²) in [5, 5.41) is 3.12. The summed E-state index contributed by atoms with van der Waals surface area (Å²) in [6, 6.07) is 3.55. The average molecular weight is 225 g/mol. The van der Waals surface area contributed by atoms with Gasteiger partial charge in [0.1, 0.15) is 17.6 Å². The normalized spacial score (nSPS) is 12.4. The van der Waals surface area contributed by atoms with Crippen LogP contribution in [0.4, 0.5) is 0 Å². The van der Waals surface area contributed by atoms with Gasteiger partial charge in [0.25, 0.3) is 0 Å². The Labute approximate surface area is 96.0 Å². The standard InChI is InChI=1S/C12H19NO3/c1-4-11(12(14)15-5-2)13-8-10-7-6-9(3)16-10/h6-7,11,13H,4-5,8H2,1-3H3. The van der Waals surface area contributed by atoms with E-state index in [4.69, 9.17) is 9.15 Å². The number of rotatable bonds is 6. The van der Waals surface area contributed by atoms with E-state index < -0.39 is 0 Å². The van der Waals surface area contributed by atoms with E-state index in [1.165, 1.54) is 0 Å². The van der Waals surface area contributed by atoms with Crippen LogP contribution in [0.2, 0.25) is 0 Å². The lowest BCUT2D eigenvalue weighted by atomic mass is 10.2. The number of carbonyl (C=O) groups is 1. The maximum Gasteiger partial charge on any atom is 0.323 e. The van der Waals surface area contributed by atoms with E-state index in [-0.39, 0.29) is 12.0 Å². The first-order valence-corrected chi connectivity index (χ1v) is 5.62. The highest BCUT2D eigenvalue weighted by Crippen LogP contribution is 2.06. The minimum atomic E-state index is -0.259. The van der Waals surface area contributed by atoms with Crippen molar-refractivity contribution in [3.05, 3.63) is 23.7 Å². The van der Waals surface area contributed by atoms with E-state index in [9.17, 15) is 4.79 Å². The zero-order valence-electron chi connectivity index (χ0n) is 10.1. The highest BCUT2D eigenvalue weighted by atomic mass is 16.5. The number of esters is 1. The van der Waals surface area contributed by atoms with Crippen molar-refractivity contribution in [2.45, 2.75) is 39.8 Å². The number of nitrogens with one attached hydrogen (secondary N) is 1. The van der Waals surface area contributed by atoms with Crippen LogP contribution in [-0.2, 0) is 16.1 Å². The molecule has 0 saturated carbocycles. The average Bonchev–Trinajstić information content (AvgIpc) is 2.65. The number of furan rings is 1. The summed E-state index contributed by atoms with van der Waals surface area (Å²) in [5.41, 5.74) is 0. The van der Waals surface area contributed by atoms with Crippen molar-refractivity contribution < 1.29 is 13.9 Å². The van der Waals surface area contributed by atoms with E-state index in [1.807, 2.05) is 26.0 Å². The molecule has 0 aliphatic carbocycles. The molecule has 4 nitrogen and oxygen atoms in total. The Morgan fingerprint density at radius 1 is 1.50 bits per heavy atom. The largest absolute Gasteiger partial charge is 0.465 e. The summed E-state index contributed by atoms with van der Waals surface area (Å²) in [7, 11) is 0. The Hall–Kier alpha value is -1.29. The fraction of sp³-hybridized carbons (Fsp3) is 0.583. The summed E-state index contributed by atoms with van der Waals surface area (Å²) in [6.45, 7) is 6.61. The lowest BCUT2D eigenvalue weighted by molar-refractivity contribution is -0.145. The van der Waals surface area contributed by atoms with Gasteiger partial charge < -0.3 is 9.15 Å². The maximum absolute atomic E-state index is 11.5. The molecule has 16 heavy (non-hydrogen) atoms. The second-order valence-corrected chi connectivity index (χ2v) is 3.61. The van der Waals surface area contributed by atoms with E-state index in [1.54, 1.807) is 6.92 Å². The van der Waals surface area contributed by atoms with Crippen LogP contribution >= 0.6 is 0 Å². The topological polar surface area (TPSA) is 51.5 Å². The van der Waals surface area contributed by atoms with Crippen LogP contribution < -0.4 is 5.32 Å². The Balaban J connectivity index is 2.42. The van der Waals surface area contributed by atoms with Crippen molar-refractivity contribution in [1.82, 2.24) is 5.32 Å². The quantitative estimate of drug-likeness (QED) is 0.752. The molecule has 1 heterocycles. The summed E-state index contributed by atoms with van der Waals surface area (Å²) in [6.07, 6.45) is 0.707. The van der Waals surface area contributed by atoms with Crippen LogP contribution in [0.3, 0.4) is 0 Å². The van der Waals surface area contributed by atoms with Crippen molar-refractivity contribution >= 4 is 5.97 Å². The van der Waals surface area contributed by atoms with E-state index >= 15 is 0 Å². The maximum atomic E-state index is 11.5. The van der Waals surface area contributed by atoms with Gasteiger partial charge >= 0.3 is 5.97 Å². The van der Waals surface area contributed by atoms with Gasteiger partial charge in [-0.2, -0.15) is 0 Å². The molecule has 1 rings (SSSR count). The number of aryl methyl sites for hydroxylation is 1. The zero-order chi connectivity index (χ0) is 12.0. The molecule has 1 atom stereocenters. The van der Waals surface area contributed by atoms with Gasteiger partial charge in [0, 0.05) is 0 Å². The SMILES string of the molecule is CCOC(=O)C(CC)NCc1ccc(C)o1. The third kappa shape index (κ3) is 3.70. The van der Waals surface area contributed by atoms with Crippen LogP contribution in [0.15, 0.2) is 16.5 Å². The van der Waals surface area contributed by atoms with E-state index in [2.05, 4.69) is 5.32 Å². The van der Waals surface area contributed by atoms with Crippen LogP contribution in [0.1, 0.15) is 31.8 Å². The number of hydrogen-bond acceptors (Lipinski definition) is 4. The number of carbonyl (C=O) groups excluding carboxylic acids is 1. The van der Waals surface area contributed by atoms with Crippen LogP contribution in [-0.4, -0.2) is 18.6 Å². The molecule has 0 aliphatic rings. The third-order valence-corrected chi connectivity index (χ3v) is 2.30. The molecule has 90 valence electrons. The lowest BCUT2D eigenvalue weighted by Gasteiger charge is -2.14. The van der Waals surface area contributed by atoms with E-state index in [0.717, 1.165) is 11.5 Å². The molecular formula is C12H19NO3. The molecule has 0 aliphatic heterocycles. The van der Waals surface area contributed by atoms with Crippen LogP contribution in [0.5, 0.6) is 0 Å². The summed E-state index contributed by atoms with van der Waals surface area (Å²) >= 11 is 0. The highest BCUT2D eigenvalue weighted by molar-refractivity contribution is 5.75. The summed E-state index contributed by atoms with van der Waals surface area (Å²) in [4.78, 5) is 11.5.